The Balaban J connectivity index is 1.47. The van der Waals surface area contributed by atoms with Crippen LogP contribution in [0, 0.1) is 5.41 Å². The molecule has 0 unspecified atom stereocenters. The van der Waals surface area contributed by atoms with Crippen molar-refractivity contribution < 1.29 is 4.79 Å². The molecule has 1 atom stereocenters. The first-order chi connectivity index (χ1) is 11.6. The lowest BCUT2D eigenvalue weighted by Gasteiger charge is -2.58. The molecule has 1 spiro atoms. The molecule has 24 heavy (non-hydrogen) atoms. The van der Waals surface area contributed by atoms with Crippen LogP contribution in [0.3, 0.4) is 0 Å². The summed E-state index contributed by atoms with van der Waals surface area (Å²) in [6.07, 6.45) is 5.88. The average Bonchev–Trinajstić information content (AvgIpc) is 3.02. The number of rotatable bonds is 3. The molecule has 0 aliphatic carbocycles. The van der Waals surface area contributed by atoms with Gasteiger partial charge in [-0.2, -0.15) is 5.10 Å². The molecule has 0 saturated carbocycles. The van der Waals surface area contributed by atoms with Crippen LogP contribution in [0.4, 0.5) is 0 Å². The van der Waals surface area contributed by atoms with E-state index in [1.165, 1.54) is 11.1 Å². The predicted octanol–water partition coefficient (Wildman–Crippen LogP) is 2.22. The van der Waals surface area contributed by atoms with E-state index in [4.69, 9.17) is 0 Å². The van der Waals surface area contributed by atoms with Crippen LogP contribution < -0.4 is 0 Å². The number of benzene rings is 1. The van der Waals surface area contributed by atoms with Gasteiger partial charge in [-0.05, 0) is 31.5 Å². The summed E-state index contributed by atoms with van der Waals surface area (Å²) < 4.78 is 1.84. The number of aryl methyl sites for hydroxylation is 1. The minimum absolute atomic E-state index is 0.193. The Morgan fingerprint density at radius 1 is 1.17 bits per heavy atom. The molecule has 126 valence electrons. The molecule has 4 rings (SSSR count). The molecule has 1 amide bonds. The van der Waals surface area contributed by atoms with E-state index in [-0.39, 0.29) is 11.5 Å². The summed E-state index contributed by atoms with van der Waals surface area (Å²) >= 11 is 0. The Kier molecular flexibility index (Phi) is 3.68. The van der Waals surface area contributed by atoms with E-state index < -0.39 is 0 Å². The van der Waals surface area contributed by atoms with Gasteiger partial charge in [0.15, 0.2) is 0 Å². The van der Waals surface area contributed by atoms with Gasteiger partial charge in [0.25, 0.3) is 0 Å². The normalized spacial score (nSPS) is 23.5. The van der Waals surface area contributed by atoms with Gasteiger partial charge in [-0.25, -0.2) is 0 Å². The lowest BCUT2D eigenvalue weighted by Crippen LogP contribution is -2.64. The molecule has 0 N–H and O–H groups in total. The van der Waals surface area contributed by atoms with Gasteiger partial charge >= 0.3 is 0 Å². The van der Waals surface area contributed by atoms with Gasteiger partial charge in [-0.3, -0.25) is 14.4 Å². The molecule has 2 saturated heterocycles. The van der Waals surface area contributed by atoms with E-state index >= 15 is 0 Å². The van der Waals surface area contributed by atoms with Crippen molar-refractivity contribution >= 4 is 5.91 Å². The fourth-order valence-electron chi connectivity index (χ4n) is 4.48. The molecular weight excluding hydrogens is 300 g/mol. The maximum Gasteiger partial charge on any atom is 0.231 e. The summed E-state index contributed by atoms with van der Waals surface area (Å²) in [6, 6.07) is 10.7. The molecule has 2 aromatic rings. The second-order valence-corrected chi connectivity index (χ2v) is 7.18. The SMILES string of the molecule is CN1C(=O)C2(CCN(Cc3cnn(C)c3)CC2)[C@@H]1c1ccccc1. The van der Waals surface area contributed by atoms with Gasteiger partial charge in [0.05, 0.1) is 17.7 Å². The van der Waals surface area contributed by atoms with E-state index in [9.17, 15) is 4.79 Å². The summed E-state index contributed by atoms with van der Waals surface area (Å²) in [5, 5.41) is 4.24. The lowest BCUT2D eigenvalue weighted by atomic mass is 9.62. The van der Waals surface area contributed by atoms with Crippen LogP contribution in [0.5, 0.6) is 0 Å². The minimum atomic E-state index is -0.193. The molecule has 3 heterocycles. The Hall–Kier alpha value is -2.14. The minimum Gasteiger partial charge on any atom is -0.337 e. The number of amides is 1. The number of hydrogen-bond acceptors (Lipinski definition) is 3. The maximum absolute atomic E-state index is 12.7. The highest BCUT2D eigenvalue weighted by atomic mass is 16.2. The van der Waals surface area contributed by atoms with Crippen LogP contribution in [0.25, 0.3) is 0 Å². The third-order valence-corrected chi connectivity index (χ3v) is 5.69. The highest BCUT2D eigenvalue weighted by molar-refractivity contribution is 5.90. The summed E-state index contributed by atoms with van der Waals surface area (Å²) in [7, 11) is 3.88. The standard InChI is InChI=1S/C19H24N4O/c1-21-13-15(12-20-21)14-23-10-8-19(9-11-23)17(22(2)18(19)24)16-6-4-3-5-7-16/h3-7,12-13,17H,8-11,14H2,1-2H3/t17-/m0/s1. The molecule has 1 aromatic carbocycles. The number of piperidine rings is 1. The molecule has 5 nitrogen and oxygen atoms in total. The van der Waals surface area contributed by atoms with E-state index in [1.807, 2.05) is 35.9 Å². The van der Waals surface area contributed by atoms with Crippen molar-refractivity contribution in [3.8, 4) is 0 Å². The fourth-order valence-corrected chi connectivity index (χ4v) is 4.48. The highest BCUT2D eigenvalue weighted by Crippen LogP contribution is 2.55. The molecule has 2 aliphatic heterocycles. The van der Waals surface area contributed by atoms with Crippen LogP contribution in [0.2, 0.25) is 0 Å². The fraction of sp³-hybridized carbons (Fsp3) is 0.474. The third kappa shape index (κ3) is 2.35. The summed E-state index contributed by atoms with van der Waals surface area (Å²) in [6.45, 7) is 2.86. The quantitative estimate of drug-likeness (QED) is 0.813. The summed E-state index contributed by atoms with van der Waals surface area (Å²) in [5.74, 6) is 0.317. The van der Waals surface area contributed by atoms with Crippen LogP contribution >= 0.6 is 0 Å². The van der Waals surface area contributed by atoms with E-state index in [0.717, 1.165) is 32.5 Å². The Labute approximate surface area is 142 Å². The maximum atomic E-state index is 12.7. The Morgan fingerprint density at radius 3 is 2.50 bits per heavy atom. The number of aromatic nitrogens is 2. The van der Waals surface area contributed by atoms with Crippen molar-refractivity contribution in [3.05, 3.63) is 53.9 Å². The zero-order valence-corrected chi connectivity index (χ0v) is 14.4. The second-order valence-electron chi connectivity index (χ2n) is 7.18. The van der Waals surface area contributed by atoms with Crippen molar-refractivity contribution in [2.45, 2.75) is 25.4 Å². The zero-order valence-electron chi connectivity index (χ0n) is 14.4. The molecular formula is C19H24N4O. The molecule has 1 aromatic heterocycles. The van der Waals surface area contributed by atoms with E-state index in [2.05, 4.69) is 40.5 Å². The van der Waals surface area contributed by atoms with Gasteiger partial charge in [0, 0.05) is 32.4 Å². The molecule has 5 heteroatoms. The van der Waals surface area contributed by atoms with Gasteiger partial charge in [-0.1, -0.05) is 30.3 Å². The first kappa shape index (κ1) is 15.4. The van der Waals surface area contributed by atoms with Crippen LogP contribution in [0.1, 0.15) is 30.0 Å². The Bertz CT molecular complexity index is 731. The van der Waals surface area contributed by atoms with Gasteiger partial charge in [-0.15, -0.1) is 0 Å². The Morgan fingerprint density at radius 2 is 1.88 bits per heavy atom. The topological polar surface area (TPSA) is 41.4 Å². The van der Waals surface area contributed by atoms with Crippen molar-refractivity contribution in [3.63, 3.8) is 0 Å². The number of carbonyl (C=O) groups is 1. The number of nitrogens with zero attached hydrogens (tertiary/aromatic N) is 4. The van der Waals surface area contributed by atoms with Crippen molar-refractivity contribution in [2.75, 3.05) is 20.1 Å². The smallest absolute Gasteiger partial charge is 0.231 e. The number of β-lactam (4-membered cyclic amide) rings is 1. The van der Waals surface area contributed by atoms with Gasteiger partial charge < -0.3 is 4.90 Å². The van der Waals surface area contributed by atoms with Crippen LogP contribution in [0.15, 0.2) is 42.7 Å². The van der Waals surface area contributed by atoms with Gasteiger partial charge in [0.1, 0.15) is 0 Å². The van der Waals surface area contributed by atoms with Crippen LogP contribution in [-0.4, -0.2) is 45.6 Å². The summed E-state index contributed by atoms with van der Waals surface area (Å²) in [5.41, 5.74) is 2.31. The van der Waals surface area contributed by atoms with E-state index in [0.29, 0.717) is 5.91 Å². The molecule has 0 bridgehead atoms. The van der Waals surface area contributed by atoms with Crippen molar-refractivity contribution in [1.29, 1.82) is 0 Å². The lowest BCUT2D eigenvalue weighted by molar-refractivity contribution is -0.176. The molecule has 2 aliphatic rings. The summed E-state index contributed by atoms with van der Waals surface area (Å²) in [4.78, 5) is 17.0. The second kappa shape index (κ2) is 5.74. The first-order valence-electron chi connectivity index (χ1n) is 8.62. The highest BCUT2D eigenvalue weighted by Gasteiger charge is 2.59. The van der Waals surface area contributed by atoms with Crippen molar-refractivity contribution in [1.82, 2.24) is 19.6 Å². The molecule has 0 radical (unpaired) electrons. The number of likely N-dealkylation sites (tertiary alicyclic amines) is 2. The van der Waals surface area contributed by atoms with E-state index in [1.54, 1.807) is 0 Å². The van der Waals surface area contributed by atoms with Crippen molar-refractivity contribution in [2.24, 2.45) is 12.5 Å². The van der Waals surface area contributed by atoms with Gasteiger partial charge in [0.2, 0.25) is 5.91 Å². The largest absolute Gasteiger partial charge is 0.337 e. The first-order valence-corrected chi connectivity index (χ1v) is 8.62. The number of carbonyl (C=O) groups excluding carboxylic acids is 1. The number of hydrogen-bond donors (Lipinski definition) is 0. The predicted molar refractivity (Wildman–Crippen MR) is 92.1 cm³/mol. The molecule has 2 fully saturated rings. The van der Waals surface area contributed by atoms with Crippen LogP contribution in [-0.2, 0) is 18.4 Å². The third-order valence-electron chi connectivity index (χ3n) is 5.69. The monoisotopic (exact) mass is 324 g/mol. The average molecular weight is 324 g/mol. The zero-order chi connectivity index (χ0) is 16.7.